The van der Waals surface area contributed by atoms with E-state index >= 15 is 0 Å². The van der Waals surface area contributed by atoms with Gasteiger partial charge in [-0.1, -0.05) is 0 Å². The van der Waals surface area contributed by atoms with Gasteiger partial charge in [0.15, 0.2) is 0 Å². The minimum Gasteiger partial charge on any atom is -0.329 e. The fourth-order valence-corrected chi connectivity index (χ4v) is 2.60. The molecule has 0 unspecified atom stereocenters. The van der Waals surface area contributed by atoms with E-state index in [1.54, 1.807) is 29.3 Å². The first-order chi connectivity index (χ1) is 12.6. The van der Waals surface area contributed by atoms with E-state index in [2.05, 4.69) is 25.4 Å². The minimum atomic E-state index is -0.403. The predicted octanol–water partition coefficient (Wildman–Crippen LogP) is 1.97. The largest absolute Gasteiger partial charge is 0.329 e. The van der Waals surface area contributed by atoms with Crippen molar-refractivity contribution in [2.45, 2.75) is 0 Å². The second kappa shape index (κ2) is 6.25. The van der Waals surface area contributed by atoms with E-state index in [-0.39, 0.29) is 11.1 Å². The quantitative estimate of drug-likeness (QED) is 0.590. The number of nitrogens with zero attached hydrogens (tertiary/aromatic N) is 4. The zero-order chi connectivity index (χ0) is 18.1. The van der Waals surface area contributed by atoms with Crippen LogP contribution in [0.4, 0.5) is 5.82 Å². The van der Waals surface area contributed by atoms with E-state index in [9.17, 15) is 9.59 Å². The fraction of sp³-hybridized carbons (Fsp3) is 0.0556. The van der Waals surface area contributed by atoms with Gasteiger partial charge in [0, 0.05) is 53.8 Å². The average molecular weight is 346 g/mol. The lowest BCUT2D eigenvalue weighted by atomic mass is 10.1. The zero-order valence-corrected chi connectivity index (χ0v) is 13.8. The highest BCUT2D eigenvalue weighted by Crippen LogP contribution is 2.23. The monoisotopic (exact) mass is 346 g/mol. The number of amides is 1. The molecule has 8 heteroatoms. The first-order valence-corrected chi connectivity index (χ1v) is 7.83. The maximum absolute atomic E-state index is 12.3. The van der Waals surface area contributed by atoms with Crippen molar-refractivity contribution in [3.63, 3.8) is 0 Å². The Morgan fingerprint density at radius 3 is 2.77 bits per heavy atom. The van der Waals surface area contributed by atoms with Gasteiger partial charge in [0.2, 0.25) is 5.56 Å². The molecule has 4 aromatic heterocycles. The predicted molar refractivity (Wildman–Crippen MR) is 96.8 cm³/mol. The van der Waals surface area contributed by atoms with E-state index in [0.717, 1.165) is 16.5 Å². The molecule has 0 saturated carbocycles. The molecular formula is C18H14N6O2. The van der Waals surface area contributed by atoms with Crippen molar-refractivity contribution in [2.24, 2.45) is 7.05 Å². The van der Waals surface area contributed by atoms with E-state index in [4.69, 9.17) is 0 Å². The van der Waals surface area contributed by atoms with Gasteiger partial charge in [-0.25, -0.2) is 4.98 Å². The SMILES string of the molecule is Cn1cc(-c2cnc3cnc(NC(=O)c4cc[nH]c(=O)c4)cc3c2)cn1. The van der Waals surface area contributed by atoms with Crippen LogP contribution in [0, 0.1) is 0 Å². The van der Waals surface area contributed by atoms with Crippen molar-refractivity contribution < 1.29 is 4.79 Å². The molecule has 8 nitrogen and oxygen atoms in total. The summed E-state index contributed by atoms with van der Waals surface area (Å²) in [6.45, 7) is 0. The third kappa shape index (κ3) is 3.07. The van der Waals surface area contributed by atoms with Crippen molar-refractivity contribution >= 4 is 22.6 Å². The molecule has 0 spiro atoms. The Bertz CT molecular complexity index is 1180. The van der Waals surface area contributed by atoms with Crippen LogP contribution in [0.25, 0.3) is 22.0 Å². The van der Waals surface area contributed by atoms with Crippen LogP contribution in [0.15, 0.2) is 60.0 Å². The maximum atomic E-state index is 12.3. The Labute approximate surface area is 147 Å². The third-order valence-electron chi connectivity index (χ3n) is 3.88. The van der Waals surface area contributed by atoms with Crippen molar-refractivity contribution in [1.82, 2.24) is 24.7 Å². The van der Waals surface area contributed by atoms with E-state index in [1.807, 2.05) is 19.3 Å². The molecular weight excluding hydrogens is 332 g/mol. The first-order valence-electron chi connectivity index (χ1n) is 7.83. The Balaban J connectivity index is 1.66. The number of hydrogen-bond donors (Lipinski definition) is 2. The number of pyridine rings is 3. The number of carbonyl (C=O) groups excluding carboxylic acids is 1. The molecule has 0 aliphatic carbocycles. The topological polar surface area (TPSA) is 106 Å². The number of nitrogens with one attached hydrogen (secondary N) is 2. The molecule has 4 aromatic rings. The lowest BCUT2D eigenvalue weighted by molar-refractivity contribution is 0.102. The summed E-state index contributed by atoms with van der Waals surface area (Å²) in [6, 6.07) is 6.47. The van der Waals surface area contributed by atoms with Crippen LogP contribution in [-0.2, 0) is 7.05 Å². The molecule has 0 aliphatic heterocycles. The Hall–Kier alpha value is -3.81. The molecule has 0 aromatic carbocycles. The van der Waals surface area contributed by atoms with E-state index < -0.39 is 5.91 Å². The number of rotatable bonds is 3. The molecule has 2 N–H and O–H groups in total. The summed E-state index contributed by atoms with van der Waals surface area (Å²) >= 11 is 0. The number of H-pyrrole nitrogens is 1. The highest BCUT2D eigenvalue weighted by atomic mass is 16.2. The van der Waals surface area contributed by atoms with Crippen LogP contribution in [0.3, 0.4) is 0 Å². The van der Waals surface area contributed by atoms with Gasteiger partial charge in [-0.05, 0) is 18.2 Å². The maximum Gasteiger partial charge on any atom is 0.257 e. The number of fused-ring (bicyclic) bond motifs is 1. The number of hydrogen-bond acceptors (Lipinski definition) is 5. The summed E-state index contributed by atoms with van der Waals surface area (Å²) in [6.07, 6.45) is 8.44. The molecule has 0 bridgehead atoms. The molecule has 1 amide bonds. The molecule has 0 aliphatic rings. The van der Waals surface area contributed by atoms with Crippen LogP contribution in [0.5, 0.6) is 0 Å². The van der Waals surface area contributed by atoms with E-state index in [1.165, 1.54) is 18.3 Å². The van der Waals surface area contributed by atoms with Crippen molar-refractivity contribution in [2.75, 3.05) is 5.32 Å². The lowest BCUT2D eigenvalue weighted by Crippen LogP contribution is -2.16. The summed E-state index contributed by atoms with van der Waals surface area (Å²) in [5.41, 5.74) is 2.51. The smallest absolute Gasteiger partial charge is 0.257 e. The molecule has 128 valence electrons. The molecule has 0 radical (unpaired) electrons. The van der Waals surface area contributed by atoms with Crippen LogP contribution >= 0.6 is 0 Å². The molecule has 4 rings (SSSR count). The van der Waals surface area contributed by atoms with Crippen LogP contribution < -0.4 is 10.9 Å². The van der Waals surface area contributed by atoms with Gasteiger partial charge in [0.25, 0.3) is 5.91 Å². The fourth-order valence-electron chi connectivity index (χ4n) is 2.60. The summed E-state index contributed by atoms with van der Waals surface area (Å²) < 4.78 is 1.72. The number of aromatic amines is 1. The van der Waals surface area contributed by atoms with Crippen LogP contribution in [0.1, 0.15) is 10.4 Å². The summed E-state index contributed by atoms with van der Waals surface area (Å²) in [4.78, 5) is 34.7. The number of carbonyl (C=O) groups is 1. The van der Waals surface area contributed by atoms with Gasteiger partial charge in [-0.3, -0.25) is 19.3 Å². The van der Waals surface area contributed by atoms with Gasteiger partial charge in [-0.2, -0.15) is 5.10 Å². The van der Waals surface area contributed by atoms with Gasteiger partial charge >= 0.3 is 0 Å². The Morgan fingerprint density at radius 1 is 1.12 bits per heavy atom. The highest BCUT2D eigenvalue weighted by molar-refractivity contribution is 6.04. The van der Waals surface area contributed by atoms with Crippen molar-refractivity contribution in [3.05, 3.63) is 71.2 Å². The van der Waals surface area contributed by atoms with Crippen molar-refractivity contribution in [3.8, 4) is 11.1 Å². The summed E-state index contributed by atoms with van der Waals surface area (Å²) in [5.74, 6) is -0.0211. The summed E-state index contributed by atoms with van der Waals surface area (Å²) in [7, 11) is 1.85. The van der Waals surface area contributed by atoms with Crippen LogP contribution in [-0.4, -0.2) is 30.6 Å². The second-order valence-corrected chi connectivity index (χ2v) is 5.78. The zero-order valence-electron chi connectivity index (χ0n) is 13.8. The molecule has 26 heavy (non-hydrogen) atoms. The average Bonchev–Trinajstić information content (AvgIpc) is 3.07. The first kappa shape index (κ1) is 15.7. The molecule has 0 atom stereocenters. The Kier molecular flexibility index (Phi) is 3.77. The molecule has 4 heterocycles. The van der Waals surface area contributed by atoms with Gasteiger partial charge in [0.05, 0.1) is 17.9 Å². The normalized spacial score (nSPS) is 10.8. The number of anilines is 1. The van der Waals surface area contributed by atoms with Gasteiger partial charge in [-0.15, -0.1) is 0 Å². The van der Waals surface area contributed by atoms with E-state index in [0.29, 0.717) is 11.3 Å². The number of aryl methyl sites for hydroxylation is 1. The van der Waals surface area contributed by atoms with Gasteiger partial charge < -0.3 is 10.3 Å². The van der Waals surface area contributed by atoms with Gasteiger partial charge in [0.1, 0.15) is 5.82 Å². The third-order valence-corrected chi connectivity index (χ3v) is 3.88. The van der Waals surface area contributed by atoms with Crippen molar-refractivity contribution in [1.29, 1.82) is 0 Å². The second-order valence-electron chi connectivity index (χ2n) is 5.78. The number of aromatic nitrogens is 5. The van der Waals surface area contributed by atoms with Crippen LogP contribution in [0.2, 0.25) is 0 Å². The minimum absolute atomic E-state index is 0.262. The lowest BCUT2D eigenvalue weighted by Gasteiger charge is -2.06. The molecule has 0 fully saturated rings. The summed E-state index contributed by atoms with van der Waals surface area (Å²) in [5, 5.41) is 7.69. The highest BCUT2D eigenvalue weighted by Gasteiger charge is 2.09. The standard InChI is InChI=1S/C18H14N6O2/c1-24-10-14(8-22-24)13-4-12-5-16(21-9-15(12)20-7-13)23-18(26)11-2-3-19-17(25)6-11/h2-10H,1H3,(H,19,25)(H,21,23,26). The Morgan fingerprint density at radius 2 is 2.00 bits per heavy atom. The molecule has 0 saturated heterocycles.